The molecule has 6 heteroatoms. The van der Waals surface area contributed by atoms with Gasteiger partial charge in [-0.2, -0.15) is 0 Å². The predicted molar refractivity (Wildman–Crippen MR) is 134 cm³/mol. The molecular weight excluding hydrogens is 428 g/mol. The molecule has 0 unspecified atom stereocenters. The maximum Gasteiger partial charge on any atom is 0.270 e. The van der Waals surface area contributed by atoms with E-state index in [0.29, 0.717) is 36.2 Å². The van der Waals surface area contributed by atoms with E-state index in [1.807, 2.05) is 17.0 Å². The number of amides is 1. The highest BCUT2D eigenvalue weighted by molar-refractivity contribution is 6.18. The average molecular weight is 459 g/mol. The van der Waals surface area contributed by atoms with Crippen LogP contribution in [0.2, 0.25) is 0 Å². The lowest BCUT2D eigenvalue weighted by Gasteiger charge is -2.33. The van der Waals surface area contributed by atoms with E-state index in [4.69, 9.17) is 9.47 Å². The summed E-state index contributed by atoms with van der Waals surface area (Å²) in [5, 5.41) is 0. The minimum atomic E-state index is -0.249. The van der Waals surface area contributed by atoms with Crippen molar-refractivity contribution < 1.29 is 14.3 Å². The van der Waals surface area contributed by atoms with Crippen molar-refractivity contribution >= 4 is 17.7 Å². The number of hydrogen-bond acceptors (Lipinski definition) is 4. The van der Waals surface area contributed by atoms with E-state index < -0.39 is 0 Å². The number of rotatable bonds is 7. The van der Waals surface area contributed by atoms with Crippen LogP contribution >= 0.6 is 0 Å². The summed E-state index contributed by atoms with van der Waals surface area (Å²) >= 11 is 0. The van der Waals surface area contributed by atoms with Crippen LogP contribution in [0, 0.1) is 5.92 Å². The first-order chi connectivity index (χ1) is 16.6. The number of ether oxygens (including phenoxy) is 2. The molecule has 2 aromatic carbocycles. The number of hydrogen-bond donors (Lipinski definition) is 0. The molecule has 4 rings (SSSR count). The lowest BCUT2D eigenvalue weighted by molar-refractivity contribution is -0.126. The lowest BCUT2D eigenvalue weighted by Crippen LogP contribution is -2.41. The summed E-state index contributed by atoms with van der Waals surface area (Å²) in [7, 11) is 3.14. The number of likely N-dealkylation sites (tertiary alicyclic amines) is 1. The molecular formula is C28H30N2O4. The summed E-state index contributed by atoms with van der Waals surface area (Å²) in [6.45, 7) is 1.34. The summed E-state index contributed by atoms with van der Waals surface area (Å²) in [5.74, 6) is 1.56. The summed E-state index contributed by atoms with van der Waals surface area (Å²) < 4.78 is 12.1. The Morgan fingerprint density at radius 2 is 1.65 bits per heavy atom. The molecule has 0 atom stereocenters. The van der Waals surface area contributed by atoms with Gasteiger partial charge in [-0.3, -0.25) is 14.2 Å². The maximum atomic E-state index is 13.6. The normalized spacial score (nSPS) is 14.6. The Morgan fingerprint density at radius 3 is 2.32 bits per heavy atom. The number of carbonyl (C=O) groups excluding carboxylic acids is 1. The van der Waals surface area contributed by atoms with Crippen LogP contribution in [0.3, 0.4) is 0 Å². The number of benzene rings is 2. The van der Waals surface area contributed by atoms with Gasteiger partial charge in [0.2, 0.25) is 0 Å². The van der Waals surface area contributed by atoms with E-state index in [1.54, 1.807) is 50.8 Å². The van der Waals surface area contributed by atoms with Gasteiger partial charge in [-0.15, -0.1) is 0 Å². The number of pyridine rings is 1. The van der Waals surface area contributed by atoms with Crippen LogP contribution in [0.15, 0.2) is 77.7 Å². The first kappa shape index (κ1) is 23.4. The van der Waals surface area contributed by atoms with Gasteiger partial charge in [0, 0.05) is 25.4 Å². The smallest absolute Gasteiger partial charge is 0.270 e. The predicted octanol–water partition coefficient (Wildman–Crippen LogP) is 4.34. The molecule has 0 N–H and O–H groups in total. The summed E-state index contributed by atoms with van der Waals surface area (Å²) in [4.78, 5) is 28.1. The SMILES string of the molecule is COc1ccc(C=C(C(=O)N2CCC(Cc3ccccc3)CC2)n2ccccc2=O)cc1OC. The van der Waals surface area contributed by atoms with E-state index in [1.165, 1.54) is 16.2 Å². The fourth-order valence-electron chi connectivity index (χ4n) is 4.41. The van der Waals surface area contributed by atoms with E-state index in [0.717, 1.165) is 24.8 Å². The lowest BCUT2D eigenvalue weighted by atomic mass is 9.90. The third-order valence-electron chi connectivity index (χ3n) is 6.28. The van der Waals surface area contributed by atoms with Gasteiger partial charge in [0.05, 0.1) is 14.2 Å². The summed E-state index contributed by atoms with van der Waals surface area (Å²) in [5.41, 5.74) is 2.15. The molecule has 1 aliphatic heterocycles. The second-order valence-electron chi connectivity index (χ2n) is 8.48. The Kier molecular flexibility index (Phi) is 7.48. The molecule has 0 radical (unpaired) electrons. The van der Waals surface area contributed by atoms with Crippen LogP contribution in [-0.2, 0) is 11.2 Å². The minimum Gasteiger partial charge on any atom is -0.493 e. The second kappa shape index (κ2) is 10.9. The largest absolute Gasteiger partial charge is 0.493 e. The van der Waals surface area contributed by atoms with Gasteiger partial charge in [-0.1, -0.05) is 42.5 Å². The average Bonchev–Trinajstić information content (AvgIpc) is 2.88. The van der Waals surface area contributed by atoms with Gasteiger partial charge in [0.25, 0.3) is 11.5 Å². The Hall–Kier alpha value is -3.80. The monoisotopic (exact) mass is 458 g/mol. The minimum absolute atomic E-state index is 0.152. The molecule has 1 fully saturated rings. The molecule has 1 aromatic heterocycles. The third-order valence-corrected chi connectivity index (χ3v) is 6.28. The second-order valence-corrected chi connectivity index (χ2v) is 8.48. The maximum absolute atomic E-state index is 13.6. The van der Waals surface area contributed by atoms with Crippen molar-refractivity contribution in [3.05, 3.63) is 94.4 Å². The van der Waals surface area contributed by atoms with Gasteiger partial charge in [-0.25, -0.2) is 0 Å². The van der Waals surface area contributed by atoms with Crippen molar-refractivity contribution in [3.63, 3.8) is 0 Å². The number of nitrogens with zero attached hydrogens (tertiary/aromatic N) is 2. The van der Waals surface area contributed by atoms with Crippen molar-refractivity contribution in [2.75, 3.05) is 27.3 Å². The summed E-state index contributed by atoms with van der Waals surface area (Å²) in [6, 6.07) is 20.8. The van der Waals surface area contributed by atoms with E-state index in [2.05, 4.69) is 24.3 Å². The van der Waals surface area contributed by atoms with Crippen LogP contribution in [-0.4, -0.2) is 42.7 Å². The molecule has 2 heterocycles. The van der Waals surface area contributed by atoms with Crippen LogP contribution in [0.5, 0.6) is 11.5 Å². The Labute approximate surface area is 200 Å². The highest BCUT2D eigenvalue weighted by Gasteiger charge is 2.26. The number of carbonyl (C=O) groups is 1. The van der Waals surface area contributed by atoms with Gasteiger partial charge >= 0.3 is 0 Å². The van der Waals surface area contributed by atoms with Crippen LogP contribution in [0.25, 0.3) is 11.8 Å². The van der Waals surface area contributed by atoms with Crippen LogP contribution < -0.4 is 15.0 Å². The summed E-state index contributed by atoms with van der Waals surface area (Å²) in [6.07, 6.45) is 6.27. The van der Waals surface area contributed by atoms with Gasteiger partial charge in [0.15, 0.2) is 11.5 Å². The standard InChI is InChI=1S/C28H30N2O4/c1-33-25-12-11-23(20-26(25)34-2)19-24(30-15-7-6-10-27(30)31)28(32)29-16-13-22(14-17-29)18-21-8-4-3-5-9-21/h3-12,15,19-20,22H,13-14,16-18H2,1-2H3. The molecule has 0 aliphatic carbocycles. The van der Waals surface area contributed by atoms with Gasteiger partial charge < -0.3 is 14.4 Å². The molecule has 1 saturated heterocycles. The molecule has 0 bridgehead atoms. The number of methoxy groups -OCH3 is 2. The van der Waals surface area contributed by atoms with E-state index in [9.17, 15) is 9.59 Å². The zero-order valence-electron chi connectivity index (χ0n) is 19.6. The first-order valence-electron chi connectivity index (χ1n) is 11.5. The molecule has 3 aromatic rings. The molecule has 0 saturated carbocycles. The topological polar surface area (TPSA) is 60.8 Å². The van der Waals surface area contributed by atoms with Crippen molar-refractivity contribution in [2.45, 2.75) is 19.3 Å². The van der Waals surface area contributed by atoms with Gasteiger partial charge in [-0.05, 0) is 60.6 Å². The van der Waals surface area contributed by atoms with Crippen molar-refractivity contribution in [3.8, 4) is 11.5 Å². The number of aromatic nitrogens is 1. The molecule has 1 amide bonds. The Balaban J connectivity index is 1.58. The third kappa shape index (κ3) is 5.39. The van der Waals surface area contributed by atoms with Gasteiger partial charge in [0.1, 0.15) is 5.70 Å². The Morgan fingerprint density at radius 1 is 0.941 bits per heavy atom. The van der Waals surface area contributed by atoms with Crippen molar-refractivity contribution in [2.24, 2.45) is 5.92 Å². The fraction of sp³-hybridized carbons (Fsp3) is 0.286. The highest BCUT2D eigenvalue weighted by Crippen LogP contribution is 2.29. The Bertz CT molecular complexity index is 1210. The zero-order valence-corrected chi connectivity index (χ0v) is 19.6. The molecule has 0 spiro atoms. The van der Waals surface area contributed by atoms with Crippen molar-refractivity contribution in [1.29, 1.82) is 0 Å². The van der Waals surface area contributed by atoms with Crippen LogP contribution in [0.1, 0.15) is 24.0 Å². The highest BCUT2D eigenvalue weighted by atomic mass is 16.5. The zero-order chi connectivity index (χ0) is 23.9. The molecule has 34 heavy (non-hydrogen) atoms. The molecule has 1 aliphatic rings. The molecule has 176 valence electrons. The first-order valence-corrected chi connectivity index (χ1v) is 11.5. The molecule has 6 nitrogen and oxygen atoms in total. The van der Waals surface area contributed by atoms with Crippen molar-refractivity contribution in [1.82, 2.24) is 9.47 Å². The van der Waals surface area contributed by atoms with E-state index >= 15 is 0 Å². The van der Waals surface area contributed by atoms with E-state index in [-0.39, 0.29) is 11.5 Å². The fourth-order valence-corrected chi connectivity index (χ4v) is 4.41. The quantitative estimate of drug-likeness (QED) is 0.494. The number of piperidine rings is 1. The van der Waals surface area contributed by atoms with Crippen LogP contribution in [0.4, 0.5) is 0 Å².